The lowest BCUT2D eigenvalue weighted by atomic mass is 10.2. The quantitative estimate of drug-likeness (QED) is 0.920. The molecule has 0 unspecified atom stereocenters. The van der Waals surface area contributed by atoms with Crippen LogP contribution >= 0.6 is 23.2 Å². The van der Waals surface area contributed by atoms with Crippen LogP contribution in [0.3, 0.4) is 0 Å². The summed E-state index contributed by atoms with van der Waals surface area (Å²) in [5.41, 5.74) is 0.686. The second-order valence-corrected chi connectivity index (χ2v) is 4.04. The Bertz CT molecular complexity index is 570. The van der Waals surface area contributed by atoms with Gasteiger partial charge in [-0.15, -0.1) is 5.10 Å². The Hall–Kier alpha value is -1.66. The Kier molecular flexibility index (Phi) is 3.26. The van der Waals surface area contributed by atoms with E-state index in [1.165, 1.54) is 0 Å². The molecule has 0 bridgehead atoms. The molecule has 2 aromatic rings. The van der Waals surface area contributed by atoms with Crippen molar-refractivity contribution in [1.82, 2.24) is 20.2 Å². The van der Waals surface area contributed by atoms with E-state index in [-0.39, 0.29) is 12.4 Å². The summed E-state index contributed by atoms with van der Waals surface area (Å²) in [4.78, 5) is 10.8. The highest BCUT2D eigenvalue weighted by atomic mass is 35.5. The van der Waals surface area contributed by atoms with Crippen LogP contribution < -0.4 is 0 Å². The summed E-state index contributed by atoms with van der Waals surface area (Å²) < 4.78 is 1.15. The minimum Gasteiger partial charge on any atom is -0.475 e. The Morgan fingerprint density at radius 2 is 2.18 bits per heavy atom. The summed E-state index contributed by atoms with van der Waals surface area (Å²) in [6.07, 6.45) is 0. The van der Waals surface area contributed by atoms with Gasteiger partial charge in [-0.25, -0.2) is 9.48 Å². The molecule has 1 heterocycles. The minimum atomic E-state index is -1.19. The van der Waals surface area contributed by atoms with Crippen molar-refractivity contribution in [2.45, 2.75) is 6.54 Å². The largest absolute Gasteiger partial charge is 0.475 e. The lowest BCUT2D eigenvalue weighted by Crippen LogP contribution is -2.12. The number of carbonyl (C=O) groups is 1. The topological polar surface area (TPSA) is 80.9 Å². The molecule has 0 spiro atoms. The average molecular weight is 273 g/mol. The molecular weight excluding hydrogens is 267 g/mol. The normalized spacial score (nSPS) is 10.5. The third kappa shape index (κ3) is 2.54. The molecule has 0 atom stereocenters. The second kappa shape index (κ2) is 4.68. The van der Waals surface area contributed by atoms with Crippen LogP contribution in [0.25, 0.3) is 0 Å². The van der Waals surface area contributed by atoms with Gasteiger partial charge in [-0.2, -0.15) is 0 Å². The van der Waals surface area contributed by atoms with Gasteiger partial charge in [-0.3, -0.25) is 0 Å². The maximum Gasteiger partial charge on any atom is 0.375 e. The number of aromatic carboxylic acids is 1. The first kappa shape index (κ1) is 11.8. The molecule has 8 heteroatoms. The van der Waals surface area contributed by atoms with Crippen LogP contribution in [0.4, 0.5) is 0 Å². The Balaban J connectivity index is 2.31. The predicted molar refractivity (Wildman–Crippen MR) is 60.3 cm³/mol. The monoisotopic (exact) mass is 272 g/mol. The number of aromatic nitrogens is 4. The van der Waals surface area contributed by atoms with Gasteiger partial charge in [-0.05, 0) is 28.1 Å². The third-order valence-electron chi connectivity index (χ3n) is 2.06. The summed E-state index contributed by atoms with van der Waals surface area (Å²) >= 11 is 11.7. The lowest BCUT2D eigenvalue weighted by molar-refractivity contribution is 0.0677. The first-order valence-corrected chi connectivity index (χ1v) is 5.27. The van der Waals surface area contributed by atoms with Crippen molar-refractivity contribution in [3.05, 3.63) is 39.6 Å². The first-order chi connectivity index (χ1) is 8.08. The SMILES string of the molecule is O=C(O)c1nnnn1Cc1ccc(Cl)cc1Cl. The van der Waals surface area contributed by atoms with E-state index in [4.69, 9.17) is 28.3 Å². The molecule has 6 nitrogen and oxygen atoms in total. The Morgan fingerprint density at radius 1 is 1.41 bits per heavy atom. The molecule has 88 valence electrons. The standard InChI is InChI=1S/C9H6Cl2N4O2/c10-6-2-1-5(7(11)3-6)4-15-8(9(16)17)12-13-14-15/h1-3H,4H2,(H,16,17). The van der Waals surface area contributed by atoms with Crippen molar-refractivity contribution < 1.29 is 9.90 Å². The fourth-order valence-electron chi connectivity index (χ4n) is 1.28. The molecule has 1 aromatic carbocycles. The minimum absolute atomic E-state index is 0.171. The zero-order valence-corrected chi connectivity index (χ0v) is 9.85. The van der Waals surface area contributed by atoms with Gasteiger partial charge in [0.2, 0.25) is 0 Å². The number of tetrazole rings is 1. The predicted octanol–water partition coefficient (Wildman–Crippen LogP) is 1.73. The van der Waals surface area contributed by atoms with E-state index in [9.17, 15) is 4.79 Å². The van der Waals surface area contributed by atoms with Crippen LogP contribution in [0.2, 0.25) is 10.0 Å². The van der Waals surface area contributed by atoms with Gasteiger partial charge < -0.3 is 5.11 Å². The molecule has 0 aliphatic carbocycles. The highest BCUT2D eigenvalue weighted by molar-refractivity contribution is 6.35. The van der Waals surface area contributed by atoms with Crippen molar-refractivity contribution in [2.24, 2.45) is 0 Å². The van der Waals surface area contributed by atoms with Gasteiger partial charge >= 0.3 is 5.97 Å². The van der Waals surface area contributed by atoms with Crippen molar-refractivity contribution in [3.63, 3.8) is 0 Å². The van der Waals surface area contributed by atoms with Crippen LogP contribution in [0.1, 0.15) is 16.2 Å². The summed E-state index contributed by atoms with van der Waals surface area (Å²) in [6, 6.07) is 4.93. The lowest BCUT2D eigenvalue weighted by Gasteiger charge is -2.04. The van der Waals surface area contributed by atoms with Gasteiger partial charge in [0.15, 0.2) is 0 Å². The average Bonchev–Trinajstić information content (AvgIpc) is 2.70. The number of carboxylic acid groups (broad SMARTS) is 1. The number of rotatable bonds is 3. The van der Waals surface area contributed by atoms with Crippen molar-refractivity contribution in [2.75, 3.05) is 0 Å². The molecule has 0 radical (unpaired) electrons. The summed E-state index contributed by atoms with van der Waals surface area (Å²) in [6.45, 7) is 0.171. The molecule has 0 saturated heterocycles. The Morgan fingerprint density at radius 3 is 2.82 bits per heavy atom. The fraction of sp³-hybridized carbons (Fsp3) is 0.111. The maximum absolute atomic E-state index is 10.8. The number of nitrogens with zero attached hydrogens (tertiary/aromatic N) is 4. The van der Waals surface area contributed by atoms with Gasteiger partial charge in [0, 0.05) is 10.0 Å². The fourth-order valence-corrected chi connectivity index (χ4v) is 1.74. The molecule has 0 saturated carbocycles. The molecule has 2 rings (SSSR count). The molecule has 0 aliphatic rings. The number of hydrogen-bond acceptors (Lipinski definition) is 4. The van der Waals surface area contributed by atoms with E-state index >= 15 is 0 Å². The summed E-state index contributed by atoms with van der Waals surface area (Å²) in [5.74, 6) is -1.43. The highest BCUT2D eigenvalue weighted by Crippen LogP contribution is 2.21. The van der Waals surface area contributed by atoms with E-state index in [1.54, 1.807) is 18.2 Å². The van der Waals surface area contributed by atoms with E-state index in [1.807, 2.05) is 0 Å². The summed E-state index contributed by atoms with van der Waals surface area (Å²) in [5, 5.41) is 20.0. The van der Waals surface area contributed by atoms with E-state index in [0.717, 1.165) is 4.68 Å². The molecule has 1 N–H and O–H groups in total. The number of hydrogen-bond donors (Lipinski definition) is 1. The van der Waals surface area contributed by atoms with Gasteiger partial charge in [0.1, 0.15) is 0 Å². The third-order valence-corrected chi connectivity index (χ3v) is 2.65. The first-order valence-electron chi connectivity index (χ1n) is 4.51. The van der Waals surface area contributed by atoms with Gasteiger partial charge in [0.25, 0.3) is 5.82 Å². The van der Waals surface area contributed by atoms with Crippen molar-refractivity contribution in [1.29, 1.82) is 0 Å². The van der Waals surface area contributed by atoms with Crippen LogP contribution in [-0.4, -0.2) is 31.3 Å². The van der Waals surface area contributed by atoms with Crippen LogP contribution in [0, 0.1) is 0 Å². The number of carboxylic acids is 1. The zero-order chi connectivity index (χ0) is 12.4. The van der Waals surface area contributed by atoms with Crippen LogP contribution in [0.5, 0.6) is 0 Å². The summed E-state index contributed by atoms with van der Waals surface area (Å²) in [7, 11) is 0. The van der Waals surface area contributed by atoms with Gasteiger partial charge in [-0.1, -0.05) is 29.3 Å². The molecule has 1 aromatic heterocycles. The second-order valence-electron chi connectivity index (χ2n) is 3.20. The number of halogens is 2. The molecule has 0 fully saturated rings. The number of benzene rings is 1. The van der Waals surface area contributed by atoms with E-state index in [0.29, 0.717) is 15.6 Å². The Labute approximate surface area is 106 Å². The molecule has 17 heavy (non-hydrogen) atoms. The highest BCUT2D eigenvalue weighted by Gasteiger charge is 2.14. The zero-order valence-electron chi connectivity index (χ0n) is 8.34. The van der Waals surface area contributed by atoms with E-state index in [2.05, 4.69) is 15.5 Å². The van der Waals surface area contributed by atoms with Crippen molar-refractivity contribution in [3.8, 4) is 0 Å². The maximum atomic E-state index is 10.8. The van der Waals surface area contributed by atoms with Gasteiger partial charge in [0.05, 0.1) is 6.54 Å². The molecule has 0 aliphatic heterocycles. The van der Waals surface area contributed by atoms with Crippen LogP contribution in [-0.2, 0) is 6.54 Å². The van der Waals surface area contributed by atoms with Crippen LogP contribution in [0.15, 0.2) is 18.2 Å². The van der Waals surface area contributed by atoms with E-state index < -0.39 is 5.97 Å². The van der Waals surface area contributed by atoms with Crippen molar-refractivity contribution >= 4 is 29.2 Å². The molecule has 0 amide bonds. The smallest absolute Gasteiger partial charge is 0.375 e. The molecular formula is C9H6Cl2N4O2.